The van der Waals surface area contributed by atoms with Gasteiger partial charge in [0.2, 0.25) is 0 Å². The largest absolute Gasteiger partial charge is 0.338 e. The normalized spacial score (nSPS) is 15.9. The number of amides is 2. The Labute approximate surface area is 122 Å². The fourth-order valence-electron chi connectivity index (χ4n) is 3.16. The van der Waals surface area contributed by atoms with Crippen LogP contribution in [0.3, 0.4) is 0 Å². The van der Waals surface area contributed by atoms with E-state index in [1.165, 1.54) is 37.7 Å². The minimum absolute atomic E-state index is 0.0781. The van der Waals surface area contributed by atoms with Crippen LogP contribution in [0.1, 0.15) is 48.8 Å². The van der Waals surface area contributed by atoms with Crippen molar-refractivity contribution in [3.05, 3.63) is 28.8 Å². The Morgan fingerprint density at radius 1 is 1.10 bits per heavy atom. The van der Waals surface area contributed by atoms with E-state index in [2.05, 4.69) is 29.7 Å². The molecule has 0 aliphatic heterocycles. The molecule has 0 unspecified atom stereocenters. The van der Waals surface area contributed by atoms with E-state index >= 15 is 0 Å². The molecule has 0 bridgehead atoms. The van der Waals surface area contributed by atoms with Crippen molar-refractivity contribution in [3.63, 3.8) is 0 Å². The highest BCUT2D eigenvalue weighted by Gasteiger charge is 2.14. The first kappa shape index (κ1) is 14.9. The van der Waals surface area contributed by atoms with E-state index in [9.17, 15) is 4.79 Å². The summed E-state index contributed by atoms with van der Waals surface area (Å²) in [5.41, 5.74) is 4.41. The fourth-order valence-corrected chi connectivity index (χ4v) is 3.16. The van der Waals surface area contributed by atoms with Crippen LogP contribution in [0, 0.1) is 26.7 Å². The Balaban J connectivity index is 1.88. The van der Waals surface area contributed by atoms with E-state index in [0.29, 0.717) is 5.92 Å². The number of urea groups is 1. The number of rotatable bonds is 3. The van der Waals surface area contributed by atoms with Crippen molar-refractivity contribution in [2.45, 2.75) is 52.9 Å². The van der Waals surface area contributed by atoms with Crippen LogP contribution < -0.4 is 10.6 Å². The first-order valence-electron chi connectivity index (χ1n) is 7.69. The number of carbonyl (C=O) groups excluding carboxylic acids is 1. The standard InChI is InChI=1S/C17H26N2O/c1-12-9-13(2)16(14(3)10-12)19-17(20)18-11-15-7-5-4-6-8-15/h9-10,15H,4-8,11H2,1-3H3,(H2,18,19,20). The van der Waals surface area contributed by atoms with Crippen LogP contribution in [-0.2, 0) is 0 Å². The Morgan fingerprint density at radius 2 is 1.70 bits per heavy atom. The number of carbonyl (C=O) groups is 1. The zero-order valence-electron chi connectivity index (χ0n) is 12.9. The van der Waals surface area contributed by atoms with Gasteiger partial charge in [-0.3, -0.25) is 0 Å². The molecule has 2 N–H and O–H groups in total. The first-order chi connectivity index (χ1) is 9.56. The van der Waals surface area contributed by atoms with Gasteiger partial charge in [-0.05, 0) is 50.7 Å². The van der Waals surface area contributed by atoms with E-state index in [-0.39, 0.29) is 6.03 Å². The highest BCUT2D eigenvalue weighted by atomic mass is 16.2. The summed E-state index contributed by atoms with van der Waals surface area (Å²) in [6, 6.07) is 4.12. The lowest BCUT2D eigenvalue weighted by Gasteiger charge is -2.22. The number of nitrogens with one attached hydrogen (secondary N) is 2. The maximum Gasteiger partial charge on any atom is 0.319 e. The van der Waals surface area contributed by atoms with Gasteiger partial charge >= 0.3 is 6.03 Å². The molecule has 1 aliphatic rings. The summed E-state index contributed by atoms with van der Waals surface area (Å²) in [5, 5.41) is 6.02. The number of benzene rings is 1. The second kappa shape index (κ2) is 6.78. The molecule has 1 aromatic rings. The predicted octanol–water partition coefficient (Wildman–Crippen LogP) is 4.31. The zero-order chi connectivity index (χ0) is 14.5. The summed E-state index contributed by atoms with van der Waals surface area (Å²) in [6.07, 6.45) is 6.48. The lowest BCUT2D eigenvalue weighted by molar-refractivity contribution is 0.247. The van der Waals surface area contributed by atoms with E-state index in [1.807, 2.05) is 13.8 Å². The molecule has 1 fully saturated rings. The van der Waals surface area contributed by atoms with Gasteiger partial charge in [-0.1, -0.05) is 37.0 Å². The van der Waals surface area contributed by atoms with Gasteiger partial charge in [0.1, 0.15) is 0 Å². The van der Waals surface area contributed by atoms with Crippen molar-refractivity contribution in [1.29, 1.82) is 0 Å². The topological polar surface area (TPSA) is 41.1 Å². The molecule has 0 spiro atoms. The van der Waals surface area contributed by atoms with Gasteiger partial charge in [0.05, 0.1) is 0 Å². The number of anilines is 1. The Hall–Kier alpha value is -1.51. The van der Waals surface area contributed by atoms with Crippen LogP contribution in [0.25, 0.3) is 0 Å². The summed E-state index contributed by atoms with van der Waals surface area (Å²) >= 11 is 0. The van der Waals surface area contributed by atoms with E-state index in [1.54, 1.807) is 0 Å². The van der Waals surface area contributed by atoms with Gasteiger partial charge in [-0.25, -0.2) is 4.79 Å². The minimum Gasteiger partial charge on any atom is -0.338 e. The molecule has 0 radical (unpaired) electrons. The van der Waals surface area contributed by atoms with Gasteiger partial charge in [-0.2, -0.15) is 0 Å². The van der Waals surface area contributed by atoms with Crippen molar-refractivity contribution in [2.75, 3.05) is 11.9 Å². The van der Waals surface area contributed by atoms with Crippen molar-refractivity contribution in [1.82, 2.24) is 5.32 Å². The summed E-state index contributed by atoms with van der Waals surface area (Å²) < 4.78 is 0. The average Bonchev–Trinajstić information content (AvgIpc) is 2.42. The van der Waals surface area contributed by atoms with Crippen LogP contribution in [0.15, 0.2) is 12.1 Å². The maximum atomic E-state index is 12.0. The van der Waals surface area contributed by atoms with Gasteiger partial charge in [0, 0.05) is 12.2 Å². The molecule has 0 atom stereocenters. The lowest BCUT2D eigenvalue weighted by atomic mass is 9.89. The molecule has 3 nitrogen and oxygen atoms in total. The number of aryl methyl sites for hydroxylation is 3. The first-order valence-corrected chi connectivity index (χ1v) is 7.69. The predicted molar refractivity (Wildman–Crippen MR) is 84.2 cm³/mol. The molecule has 1 saturated carbocycles. The average molecular weight is 274 g/mol. The Morgan fingerprint density at radius 3 is 2.30 bits per heavy atom. The van der Waals surface area contributed by atoms with E-state index in [0.717, 1.165) is 23.4 Å². The molecular formula is C17H26N2O. The van der Waals surface area contributed by atoms with Crippen LogP contribution in [0.2, 0.25) is 0 Å². The second-order valence-corrected chi connectivity index (χ2v) is 6.11. The molecule has 1 aromatic carbocycles. The molecule has 20 heavy (non-hydrogen) atoms. The highest BCUT2D eigenvalue weighted by Crippen LogP contribution is 2.23. The third-order valence-corrected chi connectivity index (χ3v) is 4.19. The second-order valence-electron chi connectivity index (χ2n) is 6.11. The Bertz CT molecular complexity index is 453. The molecule has 0 saturated heterocycles. The van der Waals surface area contributed by atoms with Crippen molar-refractivity contribution >= 4 is 11.7 Å². The lowest BCUT2D eigenvalue weighted by Crippen LogP contribution is -2.34. The molecule has 3 heteroatoms. The highest BCUT2D eigenvalue weighted by molar-refractivity contribution is 5.91. The zero-order valence-corrected chi connectivity index (χ0v) is 12.9. The quantitative estimate of drug-likeness (QED) is 0.847. The number of hydrogen-bond donors (Lipinski definition) is 2. The third kappa shape index (κ3) is 3.99. The maximum absolute atomic E-state index is 12.0. The van der Waals surface area contributed by atoms with Gasteiger partial charge in [0.15, 0.2) is 0 Å². The van der Waals surface area contributed by atoms with Crippen molar-refractivity contribution in [3.8, 4) is 0 Å². The SMILES string of the molecule is Cc1cc(C)c(NC(=O)NCC2CCCCC2)c(C)c1. The summed E-state index contributed by atoms with van der Waals surface area (Å²) in [6.45, 7) is 6.95. The van der Waals surface area contributed by atoms with Crippen LogP contribution in [0.4, 0.5) is 10.5 Å². The van der Waals surface area contributed by atoms with Crippen molar-refractivity contribution in [2.24, 2.45) is 5.92 Å². The molecular weight excluding hydrogens is 248 g/mol. The smallest absolute Gasteiger partial charge is 0.319 e. The van der Waals surface area contributed by atoms with Crippen LogP contribution >= 0.6 is 0 Å². The monoisotopic (exact) mass is 274 g/mol. The molecule has 0 aromatic heterocycles. The summed E-state index contributed by atoms with van der Waals surface area (Å²) in [5.74, 6) is 0.662. The van der Waals surface area contributed by atoms with Gasteiger partial charge < -0.3 is 10.6 Å². The molecule has 2 rings (SSSR count). The number of hydrogen-bond acceptors (Lipinski definition) is 1. The summed E-state index contributed by atoms with van der Waals surface area (Å²) in [4.78, 5) is 12.0. The van der Waals surface area contributed by atoms with E-state index < -0.39 is 0 Å². The minimum atomic E-state index is -0.0781. The molecule has 0 heterocycles. The van der Waals surface area contributed by atoms with Gasteiger partial charge in [0.25, 0.3) is 0 Å². The van der Waals surface area contributed by atoms with Crippen LogP contribution in [0.5, 0.6) is 0 Å². The third-order valence-electron chi connectivity index (χ3n) is 4.19. The summed E-state index contributed by atoms with van der Waals surface area (Å²) in [7, 11) is 0. The molecule has 2 amide bonds. The molecule has 110 valence electrons. The fraction of sp³-hybridized carbons (Fsp3) is 0.588. The van der Waals surface area contributed by atoms with Crippen molar-refractivity contribution < 1.29 is 4.79 Å². The Kier molecular flexibility index (Phi) is 5.05. The van der Waals surface area contributed by atoms with E-state index in [4.69, 9.17) is 0 Å². The van der Waals surface area contributed by atoms with Crippen LogP contribution in [-0.4, -0.2) is 12.6 Å². The molecule has 1 aliphatic carbocycles. The van der Waals surface area contributed by atoms with Gasteiger partial charge in [-0.15, -0.1) is 0 Å².